The Kier molecular flexibility index (Phi) is 3.33. The average Bonchev–Trinajstić information content (AvgIpc) is 3.46. The number of rotatable bonds is 0. The quantitative estimate of drug-likeness (QED) is 0.496. The summed E-state index contributed by atoms with van der Waals surface area (Å²) < 4.78 is 0. The molecule has 126 valence electrons. The third kappa shape index (κ3) is 2.01. The number of fused-ring (bicyclic) bond motifs is 11. The van der Waals surface area contributed by atoms with Crippen LogP contribution < -0.4 is 0 Å². The zero-order valence-electron chi connectivity index (χ0n) is 14.3. The van der Waals surface area contributed by atoms with Crippen molar-refractivity contribution in [2.75, 3.05) is 0 Å². The minimum absolute atomic E-state index is 0.0315. The van der Waals surface area contributed by atoms with Gasteiger partial charge in [0.2, 0.25) is 0 Å². The van der Waals surface area contributed by atoms with E-state index in [1.807, 2.05) is 0 Å². The lowest BCUT2D eigenvalue weighted by atomic mass is 9.65. The number of hydrogen-bond acceptors (Lipinski definition) is 3. The third-order valence-electron chi connectivity index (χ3n) is 8.17. The van der Waals surface area contributed by atoms with E-state index in [0.29, 0.717) is 23.7 Å². The van der Waals surface area contributed by atoms with Crippen LogP contribution >= 0.6 is 0 Å². The van der Waals surface area contributed by atoms with Gasteiger partial charge in [0, 0.05) is 0 Å². The summed E-state index contributed by atoms with van der Waals surface area (Å²) in [6.45, 7) is 0. The first-order chi connectivity index (χ1) is 12.2. The van der Waals surface area contributed by atoms with E-state index in [-0.39, 0.29) is 11.8 Å². The predicted molar refractivity (Wildman–Crippen MR) is 92.0 cm³/mol. The second-order valence-corrected chi connectivity index (χ2v) is 8.99. The number of nitrogens with zero attached hydrogens (tertiary/aromatic N) is 3. The first kappa shape index (κ1) is 15.2. The van der Waals surface area contributed by atoms with Crippen molar-refractivity contribution in [3.05, 3.63) is 24.3 Å². The number of allylic oxidation sites excluding steroid dienone is 4. The highest BCUT2D eigenvalue weighted by Gasteiger charge is 2.64. The van der Waals surface area contributed by atoms with Crippen LogP contribution in [0, 0.1) is 99.1 Å². The molecule has 25 heavy (non-hydrogen) atoms. The highest BCUT2D eigenvalue weighted by Crippen LogP contribution is 2.68. The van der Waals surface area contributed by atoms with Crippen molar-refractivity contribution in [3.63, 3.8) is 0 Å². The molecule has 0 spiro atoms. The monoisotopic (exact) mass is 329 g/mol. The standard InChI is InChI=1S/C14H14N2.C8H9N/c15-5-11-9-4-10(12(11)6-16)14-8-2-1-7(3-8)13(9)14;9-5-8-4-6-1-2-7(8)3-6/h1-2,7-14H,3-4H2;1-2,6-8H,3-4H2. The molecule has 0 N–H and O–H groups in total. The molecule has 6 rings (SSSR count). The van der Waals surface area contributed by atoms with Crippen LogP contribution in [-0.4, -0.2) is 0 Å². The SMILES string of the molecule is N#CC1C(C#N)C2CC1C1C3C=CC(C3)C21.N#CC1CC2C=CC1C2. The fraction of sp³-hybridized carbons (Fsp3) is 0.682. The number of hydrogen-bond donors (Lipinski definition) is 0. The lowest BCUT2D eigenvalue weighted by Crippen LogP contribution is -2.35. The molecule has 6 bridgehead atoms. The molecule has 4 saturated carbocycles. The Morgan fingerprint density at radius 1 is 0.600 bits per heavy atom. The summed E-state index contributed by atoms with van der Waals surface area (Å²) in [4.78, 5) is 0. The van der Waals surface area contributed by atoms with Gasteiger partial charge in [-0.25, -0.2) is 0 Å². The summed E-state index contributed by atoms with van der Waals surface area (Å²) >= 11 is 0. The molecule has 0 saturated heterocycles. The van der Waals surface area contributed by atoms with E-state index in [2.05, 4.69) is 42.5 Å². The minimum atomic E-state index is 0.0315. The van der Waals surface area contributed by atoms with E-state index >= 15 is 0 Å². The minimum Gasteiger partial charge on any atom is -0.198 e. The molecule has 11 atom stereocenters. The van der Waals surface area contributed by atoms with Crippen LogP contribution in [0.2, 0.25) is 0 Å². The molecule has 0 aliphatic heterocycles. The molecule has 3 nitrogen and oxygen atoms in total. The van der Waals surface area contributed by atoms with Crippen molar-refractivity contribution in [1.82, 2.24) is 0 Å². The molecule has 0 amide bonds. The molecule has 0 radical (unpaired) electrons. The van der Waals surface area contributed by atoms with Crippen LogP contribution in [0.15, 0.2) is 24.3 Å². The molecule has 11 unspecified atom stereocenters. The maximum atomic E-state index is 9.26. The van der Waals surface area contributed by atoms with Crippen LogP contribution in [0.5, 0.6) is 0 Å². The Labute approximate surface area is 149 Å². The molecule has 0 aromatic heterocycles. The van der Waals surface area contributed by atoms with Crippen LogP contribution in [0.4, 0.5) is 0 Å². The second-order valence-electron chi connectivity index (χ2n) is 8.99. The molecule has 0 aromatic rings. The largest absolute Gasteiger partial charge is 0.198 e. The van der Waals surface area contributed by atoms with Gasteiger partial charge in [-0.3, -0.25) is 0 Å². The molecule has 4 fully saturated rings. The van der Waals surface area contributed by atoms with E-state index in [1.54, 1.807) is 0 Å². The summed E-state index contributed by atoms with van der Waals surface area (Å²) in [5.41, 5.74) is 0. The second kappa shape index (κ2) is 5.47. The lowest BCUT2D eigenvalue weighted by molar-refractivity contribution is 0.143. The van der Waals surface area contributed by atoms with E-state index in [9.17, 15) is 10.5 Å². The van der Waals surface area contributed by atoms with Gasteiger partial charge in [-0.15, -0.1) is 0 Å². The summed E-state index contributed by atoms with van der Waals surface area (Å²) in [7, 11) is 0. The highest BCUT2D eigenvalue weighted by molar-refractivity contribution is 5.26. The summed E-state index contributed by atoms with van der Waals surface area (Å²) in [5.74, 6) is 5.80. The zero-order valence-corrected chi connectivity index (χ0v) is 14.3. The summed E-state index contributed by atoms with van der Waals surface area (Å²) in [6.07, 6.45) is 14.1. The maximum Gasteiger partial charge on any atom is 0.0672 e. The van der Waals surface area contributed by atoms with Gasteiger partial charge in [-0.05, 0) is 73.0 Å². The van der Waals surface area contributed by atoms with Crippen LogP contribution in [0.3, 0.4) is 0 Å². The van der Waals surface area contributed by atoms with Crippen molar-refractivity contribution < 1.29 is 0 Å². The van der Waals surface area contributed by atoms with Gasteiger partial charge in [0.1, 0.15) is 0 Å². The molecular weight excluding hydrogens is 306 g/mol. The van der Waals surface area contributed by atoms with Gasteiger partial charge in [0.25, 0.3) is 0 Å². The van der Waals surface area contributed by atoms with Gasteiger partial charge < -0.3 is 0 Å². The maximum absolute atomic E-state index is 9.26. The van der Waals surface area contributed by atoms with Crippen molar-refractivity contribution >= 4 is 0 Å². The Hall–Kier alpha value is -2.05. The van der Waals surface area contributed by atoms with Crippen molar-refractivity contribution in [2.45, 2.75) is 25.7 Å². The molecule has 0 aromatic carbocycles. The summed E-state index contributed by atoms with van der Waals surface area (Å²) in [5, 5.41) is 27.1. The van der Waals surface area contributed by atoms with Gasteiger partial charge >= 0.3 is 0 Å². The molecule has 6 aliphatic rings. The third-order valence-corrected chi connectivity index (χ3v) is 8.17. The van der Waals surface area contributed by atoms with Crippen molar-refractivity contribution in [3.8, 4) is 18.2 Å². The molecule has 3 heteroatoms. The normalized spacial score (nSPS) is 54.5. The van der Waals surface area contributed by atoms with Gasteiger partial charge in [0.05, 0.1) is 36.0 Å². The first-order valence-electron chi connectivity index (χ1n) is 9.80. The van der Waals surface area contributed by atoms with Crippen LogP contribution in [0.1, 0.15) is 25.7 Å². The Balaban J connectivity index is 0.000000132. The van der Waals surface area contributed by atoms with E-state index in [4.69, 9.17) is 5.26 Å². The Bertz CT molecular complexity index is 720. The fourth-order valence-electron chi connectivity index (χ4n) is 7.32. The van der Waals surface area contributed by atoms with Gasteiger partial charge in [0.15, 0.2) is 0 Å². The molecule has 6 aliphatic carbocycles. The molecule has 0 heterocycles. The lowest BCUT2D eigenvalue weighted by Gasteiger charge is -2.36. The fourth-order valence-corrected chi connectivity index (χ4v) is 7.32. The predicted octanol–water partition coefficient (Wildman–Crippen LogP) is 4.08. The van der Waals surface area contributed by atoms with Gasteiger partial charge in [-0.2, -0.15) is 15.8 Å². The molecular formula is C22H23N3. The Morgan fingerprint density at radius 3 is 1.60 bits per heavy atom. The van der Waals surface area contributed by atoms with E-state index in [1.165, 1.54) is 12.8 Å². The smallest absolute Gasteiger partial charge is 0.0672 e. The topological polar surface area (TPSA) is 71.4 Å². The first-order valence-corrected chi connectivity index (χ1v) is 9.80. The highest BCUT2D eigenvalue weighted by atomic mass is 14.7. The van der Waals surface area contributed by atoms with Gasteiger partial charge in [-0.1, -0.05) is 24.3 Å². The average molecular weight is 329 g/mol. The number of nitriles is 3. The van der Waals surface area contributed by atoms with E-state index in [0.717, 1.165) is 42.4 Å². The summed E-state index contributed by atoms with van der Waals surface area (Å²) in [6, 6.07) is 7.19. The van der Waals surface area contributed by atoms with Crippen LogP contribution in [-0.2, 0) is 0 Å². The zero-order chi connectivity index (χ0) is 17.1. The van der Waals surface area contributed by atoms with Crippen molar-refractivity contribution in [1.29, 1.82) is 15.8 Å². The Morgan fingerprint density at radius 2 is 1.20 bits per heavy atom. The van der Waals surface area contributed by atoms with Crippen molar-refractivity contribution in [2.24, 2.45) is 65.1 Å². The van der Waals surface area contributed by atoms with E-state index < -0.39 is 0 Å². The van der Waals surface area contributed by atoms with Crippen LogP contribution in [0.25, 0.3) is 0 Å².